The molecule has 1 amide bonds. The molecule has 5 heteroatoms. The van der Waals surface area contributed by atoms with E-state index in [9.17, 15) is 4.79 Å². The molecular weight excluding hydrogens is 374 g/mol. The topological polar surface area (TPSA) is 59.2 Å². The van der Waals surface area contributed by atoms with Crippen molar-refractivity contribution in [2.75, 3.05) is 0 Å². The number of amides is 1. The van der Waals surface area contributed by atoms with Crippen molar-refractivity contribution in [3.63, 3.8) is 0 Å². The molecule has 0 N–H and O–H groups in total. The Morgan fingerprint density at radius 3 is 2.13 bits per heavy atom. The number of rotatable bonds is 6. The van der Waals surface area contributed by atoms with Crippen LogP contribution in [0.15, 0.2) is 89.5 Å². The van der Waals surface area contributed by atoms with Gasteiger partial charge in [-0.05, 0) is 31.0 Å². The molecule has 0 radical (unpaired) electrons. The van der Waals surface area contributed by atoms with E-state index in [4.69, 9.17) is 4.52 Å². The zero-order chi connectivity index (χ0) is 20.9. The summed E-state index contributed by atoms with van der Waals surface area (Å²) in [6.07, 6.45) is 0. The average molecular weight is 397 g/mol. The Kier molecular flexibility index (Phi) is 5.70. The minimum absolute atomic E-state index is 0.0339. The first-order valence-corrected chi connectivity index (χ1v) is 9.97. The van der Waals surface area contributed by atoms with Crippen molar-refractivity contribution in [1.82, 2.24) is 15.0 Å². The largest absolute Gasteiger partial charge is 0.337 e. The fraction of sp³-hybridized carbons (Fsp3) is 0.160. The van der Waals surface area contributed by atoms with Gasteiger partial charge in [-0.2, -0.15) is 4.98 Å². The Bertz CT molecular complexity index is 1120. The van der Waals surface area contributed by atoms with Crippen LogP contribution in [0, 0.1) is 0 Å². The third-order valence-corrected chi connectivity index (χ3v) is 4.93. The van der Waals surface area contributed by atoms with E-state index >= 15 is 0 Å². The third kappa shape index (κ3) is 4.15. The predicted molar refractivity (Wildman–Crippen MR) is 117 cm³/mol. The van der Waals surface area contributed by atoms with Gasteiger partial charge in [0.15, 0.2) is 0 Å². The molecule has 4 aromatic rings. The molecule has 0 saturated carbocycles. The van der Waals surface area contributed by atoms with Gasteiger partial charge in [0.05, 0.1) is 0 Å². The minimum Gasteiger partial charge on any atom is -0.337 e. The zero-order valence-electron chi connectivity index (χ0n) is 17.0. The van der Waals surface area contributed by atoms with Gasteiger partial charge >= 0.3 is 0 Å². The van der Waals surface area contributed by atoms with Crippen molar-refractivity contribution >= 4 is 5.91 Å². The first kappa shape index (κ1) is 19.6. The van der Waals surface area contributed by atoms with E-state index in [2.05, 4.69) is 10.1 Å². The van der Waals surface area contributed by atoms with Gasteiger partial charge in [0.2, 0.25) is 11.7 Å². The summed E-state index contributed by atoms with van der Waals surface area (Å²) in [7, 11) is 0. The van der Waals surface area contributed by atoms with Crippen LogP contribution in [0.1, 0.15) is 30.1 Å². The summed E-state index contributed by atoms with van der Waals surface area (Å²) < 4.78 is 5.45. The Hall–Kier alpha value is -3.73. The second-order valence-electron chi connectivity index (χ2n) is 7.32. The maximum Gasteiger partial charge on any atom is 0.255 e. The van der Waals surface area contributed by atoms with Crippen molar-refractivity contribution in [2.24, 2.45) is 0 Å². The maximum absolute atomic E-state index is 13.5. The smallest absolute Gasteiger partial charge is 0.255 e. The van der Waals surface area contributed by atoms with E-state index in [1.165, 1.54) is 0 Å². The van der Waals surface area contributed by atoms with Gasteiger partial charge in [0, 0.05) is 17.2 Å². The number of aromatic nitrogens is 2. The molecule has 0 atom stereocenters. The van der Waals surface area contributed by atoms with Crippen molar-refractivity contribution in [3.05, 3.63) is 96.4 Å². The molecule has 1 aromatic heterocycles. The zero-order valence-corrected chi connectivity index (χ0v) is 17.0. The van der Waals surface area contributed by atoms with Crippen LogP contribution in [0.5, 0.6) is 0 Å². The van der Waals surface area contributed by atoms with E-state index in [-0.39, 0.29) is 18.5 Å². The SMILES string of the molecule is CC(C)N(Cc1nc(-c2ccccc2)no1)C(=O)c1ccccc1-c1ccccc1. The summed E-state index contributed by atoms with van der Waals surface area (Å²) in [5.41, 5.74) is 3.45. The highest BCUT2D eigenvalue weighted by atomic mass is 16.5. The number of benzene rings is 3. The second kappa shape index (κ2) is 8.74. The van der Waals surface area contributed by atoms with Crippen molar-refractivity contribution in [1.29, 1.82) is 0 Å². The molecule has 0 bridgehead atoms. The van der Waals surface area contributed by atoms with E-state index < -0.39 is 0 Å². The highest BCUT2D eigenvalue weighted by molar-refractivity contribution is 6.01. The van der Waals surface area contributed by atoms with Crippen LogP contribution >= 0.6 is 0 Å². The Morgan fingerprint density at radius 1 is 0.867 bits per heavy atom. The molecule has 0 aliphatic heterocycles. The fourth-order valence-corrected chi connectivity index (χ4v) is 3.35. The summed E-state index contributed by atoms with van der Waals surface area (Å²) in [4.78, 5) is 19.7. The first-order chi connectivity index (χ1) is 14.6. The van der Waals surface area contributed by atoms with Crippen LogP contribution in [0.2, 0.25) is 0 Å². The molecule has 0 aliphatic carbocycles. The Morgan fingerprint density at radius 2 is 1.47 bits per heavy atom. The van der Waals surface area contributed by atoms with Gasteiger partial charge in [-0.25, -0.2) is 0 Å². The normalized spacial score (nSPS) is 10.9. The minimum atomic E-state index is -0.0658. The molecule has 0 aliphatic rings. The predicted octanol–water partition coefficient (Wildman–Crippen LogP) is 5.45. The summed E-state index contributed by atoms with van der Waals surface area (Å²) in [6, 6.07) is 27.2. The van der Waals surface area contributed by atoms with Crippen LogP contribution < -0.4 is 0 Å². The molecule has 30 heavy (non-hydrogen) atoms. The van der Waals surface area contributed by atoms with E-state index in [1.807, 2.05) is 98.8 Å². The quantitative estimate of drug-likeness (QED) is 0.434. The second-order valence-corrected chi connectivity index (χ2v) is 7.32. The highest BCUT2D eigenvalue weighted by Crippen LogP contribution is 2.26. The van der Waals surface area contributed by atoms with Gasteiger partial charge in [0.1, 0.15) is 6.54 Å². The third-order valence-electron chi connectivity index (χ3n) is 4.93. The lowest BCUT2D eigenvalue weighted by Gasteiger charge is -2.26. The number of hydrogen-bond donors (Lipinski definition) is 0. The fourth-order valence-electron chi connectivity index (χ4n) is 3.35. The molecule has 0 saturated heterocycles. The maximum atomic E-state index is 13.5. The summed E-state index contributed by atoms with van der Waals surface area (Å²) in [5.74, 6) is 0.864. The standard InChI is InChI=1S/C25H23N3O2/c1-18(2)28(17-23-26-24(27-30-23)20-13-7-4-8-14-20)25(29)22-16-10-9-15-21(22)19-11-5-3-6-12-19/h3-16,18H,17H2,1-2H3. The Labute approximate surface area is 176 Å². The molecular formula is C25H23N3O2. The molecule has 3 aromatic carbocycles. The lowest BCUT2D eigenvalue weighted by atomic mass is 9.98. The van der Waals surface area contributed by atoms with E-state index in [0.717, 1.165) is 16.7 Å². The lowest BCUT2D eigenvalue weighted by Crippen LogP contribution is -2.36. The highest BCUT2D eigenvalue weighted by Gasteiger charge is 2.24. The number of hydrogen-bond acceptors (Lipinski definition) is 4. The van der Waals surface area contributed by atoms with Crippen molar-refractivity contribution in [2.45, 2.75) is 26.4 Å². The average Bonchev–Trinajstić information content (AvgIpc) is 3.27. The molecule has 1 heterocycles. The van der Waals surface area contributed by atoms with E-state index in [1.54, 1.807) is 4.90 Å². The van der Waals surface area contributed by atoms with E-state index in [0.29, 0.717) is 17.3 Å². The molecule has 0 unspecified atom stereocenters. The molecule has 0 fully saturated rings. The molecule has 150 valence electrons. The van der Waals surface area contributed by atoms with Crippen LogP contribution in [0.3, 0.4) is 0 Å². The van der Waals surface area contributed by atoms with Crippen LogP contribution in [-0.4, -0.2) is 27.0 Å². The number of carbonyl (C=O) groups is 1. The van der Waals surface area contributed by atoms with Crippen LogP contribution in [0.4, 0.5) is 0 Å². The van der Waals surface area contributed by atoms with Gasteiger partial charge < -0.3 is 9.42 Å². The summed E-state index contributed by atoms with van der Waals surface area (Å²) in [6.45, 7) is 4.22. The monoisotopic (exact) mass is 397 g/mol. The van der Waals surface area contributed by atoms with Gasteiger partial charge in [-0.3, -0.25) is 4.79 Å². The molecule has 0 spiro atoms. The number of carbonyl (C=O) groups excluding carboxylic acids is 1. The summed E-state index contributed by atoms with van der Waals surface area (Å²) in [5, 5.41) is 4.07. The van der Waals surface area contributed by atoms with Crippen molar-refractivity contribution in [3.8, 4) is 22.5 Å². The lowest BCUT2D eigenvalue weighted by molar-refractivity contribution is 0.0668. The summed E-state index contributed by atoms with van der Waals surface area (Å²) >= 11 is 0. The Balaban J connectivity index is 1.62. The van der Waals surface area contributed by atoms with Gasteiger partial charge in [-0.1, -0.05) is 84.0 Å². The molecule has 4 rings (SSSR count). The molecule has 5 nitrogen and oxygen atoms in total. The van der Waals surface area contributed by atoms with Crippen LogP contribution in [0.25, 0.3) is 22.5 Å². The van der Waals surface area contributed by atoms with Gasteiger partial charge in [0.25, 0.3) is 5.91 Å². The van der Waals surface area contributed by atoms with Gasteiger partial charge in [-0.15, -0.1) is 0 Å². The van der Waals surface area contributed by atoms with Crippen molar-refractivity contribution < 1.29 is 9.32 Å². The first-order valence-electron chi connectivity index (χ1n) is 9.97. The number of nitrogens with zero attached hydrogens (tertiary/aromatic N) is 3. The van der Waals surface area contributed by atoms with Crippen LogP contribution in [-0.2, 0) is 6.54 Å².